The molecule has 0 radical (unpaired) electrons. The Hall–Kier alpha value is -3.18. The lowest BCUT2D eigenvalue weighted by molar-refractivity contribution is 1.28. The zero-order valence-corrected chi connectivity index (χ0v) is 25.2. The molecule has 0 heterocycles. The van der Waals surface area contributed by atoms with Gasteiger partial charge in [0.05, 0.1) is 0 Å². The molecule has 5 rings (SSSR count). The van der Waals surface area contributed by atoms with Gasteiger partial charge in [0, 0.05) is 30.5 Å². The van der Waals surface area contributed by atoms with Crippen molar-refractivity contribution in [3.8, 4) is 0 Å². The van der Waals surface area contributed by atoms with Gasteiger partial charge in [0.25, 0.3) is 0 Å². The summed E-state index contributed by atoms with van der Waals surface area (Å²) in [6.07, 6.45) is 8.55. The molecule has 5 aromatic carbocycles. The van der Waals surface area contributed by atoms with Crippen LogP contribution in [0.3, 0.4) is 0 Å². The van der Waals surface area contributed by atoms with Gasteiger partial charge in [-0.2, -0.15) is 0 Å². The molecule has 0 bridgehead atoms. The highest BCUT2D eigenvalue weighted by atomic mass is 79.9. The van der Waals surface area contributed by atoms with E-state index in [1.807, 2.05) is 0 Å². The maximum Gasteiger partial charge on any atom is 0.0462 e. The molecular weight excluding hydrogens is 662 g/mol. The molecule has 0 amide bonds. The lowest BCUT2D eigenvalue weighted by atomic mass is 10.1. The average molecular weight is 686 g/mol. The number of halogens is 3. The van der Waals surface area contributed by atoms with Crippen LogP contribution in [0, 0.1) is 0 Å². The van der Waals surface area contributed by atoms with Crippen LogP contribution in [0.4, 0.5) is 17.1 Å². The Morgan fingerprint density at radius 3 is 0.816 bits per heavy atom. The largest absolute Gasteiger partial charge is 0.311 e. The van der Waals surface area contributed by atoms with Crippen LogP contribution in [0.15, 0.2) is 135 Å². The molecule has 38 heavy (non-hydrogen) atoms. The minimum atomic E-state index is 1.06. The Balaban J connectivity index is 1.40. The molecule has 0 unspecified atom stereocenters. The second kappa shape index (κ2) is 12.6. The highest BCUT2D eigenvalue weighted by Gasteiger charge is 2.12. The maximum absolute atomic E-state index is 3.57. The predicted octanol–water partition coefficient (Wildman–Crippen LogP) is 11.8. The summed E-state index contributed by atoms with van der Waals surface area (Å²) in [6.45, 7) is 0. The molecular formula is C34H24Br3N. The molecule has 0 fully saturated rings. The molecule has 0 aliphatic heterocycles. The van der Waals surface area contributed by atoms with E-state index < -0.39 is 0 Å². The highest BCUT2D eigenvalue weighted by molar-refractivity contribution is 9.11. The van der Waals surface area contributed by atoms with Crippen molar-refractivity contribution < 1.29 is 0 Å². The monoisotopic (exact) mass is 683 g/mol. The summed E-state index contributed by atoms with van der Waals surface area (Å²) in [4.78, 5) is 2.27. The zero-order chi connectivity index (χ0) is 26.3. The lowest BCUT2D eigenvalue weighted by Crippen LogP contribution is -2.09. The first-order chi connectivity index (χ1) is 18.5. The second-order valence-corrected chi connectivity index (χ2v) is 11.5. The molecule has 0 spiro atoms. The fourth-order valence-corrected chi connectivity index (χ4v) is 4.83. The van der Waals surface area contributed by atoms with Crippen molar-refractivity contribution in [1.29, 1.82) is 0 Å². The molecule has 0 aliphatic rings. The van der Waals surface area contributed by atoms with Crippen LogP contribution in [0.25, 0.3) is 24.3 Å². The third-order valence-corrected chi connectivity index (χ3v) is 7.65. The van der Waals surface area contributed by atoms with Crippen molar-refractivity contribution in [2.75, 3.05) is 4.90 Å². The van der Waals surface area contributed by atoms with Gasteiger partial charge < -0.3 is 4.90 Å². The minimum absolute atomic E-state index is 1.06. The summed E-state index contributed by atoms with van der Waals surface area (Å²) < 4.78 is 3.23. The van der Waals surface area contributed by atoms with E-state index in [0.29, 0.717) is 0 Å². The molecule has 0 saturated heterocycles. The number of hydrogen-bond donors (Lipinski definition) is 0. The normalized spacial score (nSPS) is 11.3. The van der Waals surface area contributed by atoms with Crippen molar-refractivity contribution >= 4 is 89.2 Å². The first-order valence-corrected chi connectivity index (χ1v) is 14.5. The first-order valence-electron chi connectivity index (χ1n) is 12.2. The molecule has 0 aromatic heterocycles. The Morgan fingerprint density at radius 2 is 0.526 bits per heavy atom. The Labute approximate surface area is 249 Å². The van der Waals surface area contributed by atoms with Crippen molar-refractivity contribution in [2.45, 2.75) is 0 Å². The van der Waals surface area contributed by atoms with E-state index in [0.717, 1.165) is 41.6 Å². The van der Waals surface area contributed by atoms with E-state index >= 15 is 0 Å². The molecule has 0 atom stereocenters. The summed E-state index contributed by atoms with van der Waals surface area (Å²) in [6, 6.07) is 42.4. The summed E-state index contributed by atoms with van der Waals surface area (Å²) in [7, 11) is 0. The van der Waals surface area contributed by atoms with Crippen LogP contribution < -0.4 is 4.90 Å². The number of anilines is 3. The van der Waals surface area contributed by atoms with Gasteiger partial charge in [-0.25, -0.2) is 0 Å². The van der Waals surface area contributed by atoms with Crippen molar-refractivity contribution in [3.05, 3.63) is 157 Å². The molecule has 186 valence electrons. The summed E-state index contributed by atoms with van der Waals surface area (Å²) >= 11 is 10.6. The molecule has 4 heteroatoms. The number of rotatable bonds is 7. The van der Waals surface area contributed by atoms with E-state index in [9.17, 15) is 0 Å². The second-order valence-electron chi connectivity index (χ2n) is 8.76. The zero-order valence-electron chi connectivity index (χ0n) is 20.4. The Morgan fingerprint density at radius 1 is 0.316 bits per heavy atom. The average Bonchev–Trinajstić information content (AvgIpc) is 2.95. The standard InChI is InChI=1S/C34H24Br3N/c35-29-13-5-25(6-14-29)1-3-27-9-19-32(20-10-27)38(34-23-17-31(37)18-24-34)33-21-11-28(12-22-33)4-2-26-7-15-30(36)16-8-26/h1-24H/b3-1+,4-2+. The van der Waals surface area contributed by atoms with Crippen LogP contribution in [-0.4, -0.2) is 0 Å². The van der Waals surface area contributed by atoms with Gasteiger partial charge in [-0.15, -0.1) is 0 Å². The molecule has 0 aliphatic carbocycles. The van der Waals surface area contributed by atoms with Gasteiger partial charge >= 0.3 is 0 Å². The minimum Gasteiger partial charge on any atom is -0.311 e. The van der Waals surface area contributed by atoms with Crippen LogP contribution in [0.2, 0.25) is 0 Å². The maximum atomic E-state index is 3.57. The van der Waals surface area contributed by atoms with E-state index in [2.05, 4.69) is 198 Å². The van der Waals surface area contributed by atoms with Crippen LogP contribution in [-0.2, 0) is 0 Å². The van der Waals surface area contributed by atoms with Gasteiger partial charge in [-0.05, 0) is 95.1 Å². The quantitative estimate of drug-likeness (QED) is 0.154. The third-order valence-electron chi connectivity index (χ3n) is 6.06. The van der Waals surface area contributed by atoms with Crippen LogP contribution in [0.1, 0.15) is 22.3 Å². The fraction of sp³-hybridized carbons (Fsp3) is 0. The summed E-state index contributed by atoms with van der Waals surface area (Å²) in [5, 5.41) is 0. The van der Waals surface area contributed by atoms with Crippen molar-refractivity contribution in [1.82, 2.24) is 0 Å². The van der Waals surface area contributed by atoms with Gasteiger partial charge in [-0.1, -0.05) is 121 Å². The smallest absolute Gasteiger partial charge is 0.0462 e. The highest BCUT2D eigenvalue weighted by Crippen LogP contribution is 2.35. The molecule has 1 nitrogen and oxygen atoms in total. The number of nitrogens with zero attached hydrogens (tertiary/aromatic N) is 1. The Bertz CT molecular complexity index is 1430. The molecule has 5 aromatic rings. The number of benzene rings is 5. The van der Waals surface area contributed by atoms with Crippen molar-refractivity contribution in [3.63, 3.8) is 0 Å². The molecule has 0 N–H and O–H groups in total. The predicted molar refractivity (Wildman–Crippen MR) is 175 cm³/mol. The van der Waals surface area contributed by atoms with Crippen molar-refractivity contribution in [2.24, 2.45) is 0 Å². The topological polar surface area (TPSA) is 3.24 Å². The first kappa shape index (κ1) is 26.4. The van der Waals surface area contributed by atoms with Crippen LogP contribution in [0.5, 0.6) is 0 Å². The summed E-state index contributed by atoms with van der Waals surface area (Å²) in [5.41, 5.74) is 7.95. The van der Waals surface area contributed by atoms with Gasteiger partial charge in [-0.3, -0.25) is 0 Å². The van der Waals surface area contributed by atoms with E-state index in [1.54, 1.807) is 0 Å². The van der Waals surface area contributed by atoms with Crippen LogP contribution >= 0.6 is 47.8 Å². The van der Waals surface area contributed by atoms with E-state index in [4.69, 9.17) is 0 Å². The Kier molecular flexibility index (Phi) is 8.75. The fourth-order valence-electron chi connectivity index (χ4n) is 4.04. The van der Waals surface area contributed by atoms with E-state index in [1.165, 1.54) is 11.1 Å². The van der Waals surface area contributed by atoms with Gasteiger partial charge in [0.15, 0.2) is 0 Å². The van der Waals surface area contributed by atoms with E-state index in [-0.39, 0.29) is 0 Å². The molecule has 0 saturated carbocycles. The lowest BCUT2D eigenvalue weighted by Gasteiger charge is -2.25. The third kappa shape index (κ3) is 7.02. The SMILES string of the molecule is Brc1ccc(/C=C/c2ccc(N(c3ccc(Br)cc3)c3ccc(/C=C/c4ccc(Br)cc4)cc3)cc2)cc1. The number of hydrogen-bond acceptors (Lipinski definition) is 1. The van der Waals surface area contributed by atoms with Gasteiger partial charge in [0.1, 0.15) is 0 Å². The summed E-state index contributed by atoms with van der Waals surface area (Å²) in [5.74, 6) is 0. The van der Waals surface area contributed by atoms with Gasteiger partial charge in [0.2, 0.25) is 0 Å².